The second kappa shape index (κ2) is 25.8. The molecule has 18 heteroatoms. The lowest BCUT2D eigenvalue weighted by molar-refractivity contribution is -0.144. The molecule has 1 aromatic heterocycles. The summed E-state index contributed by atoms with van der Waals surface area (Å²) in [5.74, 6) is 1.73. The Morgan fingerprint density at radius 1 is 0.766 bits per heavy atom. The minimum absolute atomic E-state index is 0.00358. The molecule has 0 spiro atoms. The van der Waals surface area contributed by atoms with Crippen LogP contribution in [0.5, 0.6) is 11.5 Å². The minimum Gasteiger partial charge on any atom is -0.484 e. The Kier molecular flexibility index (Phi) is 19.7. The molecule has 3 aromatic rings. The van der Waals surface area contributed by atoms with Crippen LogP contribution in [0.4, 0.5) is 4.79 Å². The van der Waals surface area contributed by atoms with E-state index in [2.05, 4.69) is 31.6 Å². The average molecular weight is 943 g/mol. The normalized spacial score (nSPS) is 20.2. The zero-order chi connectivity index (χ0) is 45.1. The number of fused-ring (bicyclic) bond motifs is 1. The summed E-state index contributed by atoms with van der Waals surface area (Å²) in [6.45, 7) is 0.799. The number of hydrogen-bond acceptors (Lipinski definition) is 11. The van der Waals surface area contributed by atoms with Gasteiger partial charge in [-0.25, -0.2) is 4.79 Å². The van der Waals surface area contributed by atoms with Crippen molar-refractivity contribution in [3.63, 3.8) is 0 Å². The molecule has 348 valence electrons. The molecule has 15 nitrogen and oxygen atoms in total. The number of unbranched alkanes of at least 4 members (excludes halogenated alkanes) is 6. The van der Waals surface area contributed by atoms with Gasteiger partial charge in [-0.15, -0.1) is 5.10 Å². The SMILES string of the molecule is O=C(CCCCCCOC(=O)CCCCCn1cc(-c2cc(OCC(=O)NC3CCC(NC(=O)COc4ccc(Cl)cc4)CC3)ccc2Cl)nn1)CCCC[C@H]1SCC2NC(=O)NC21. The van der Waals surface area contributed by atoms with Crippen molar-refractivity contribution in [2.75, 3.05) is 25.6 Å². The average Bonchev–Trinajstić information content (AvgIpc) is 4.01. The Balaban J connectivity index is 0.754. The number of amides is 4. The minimum atomic E-state index is -0.229. The number of nitrogens with zero attached hydrogens (tertiary/aromatic N) is 3. The zero-order valence-electron chi connectivity index (χ0n) is 36.3. The highest BCUT2D eigenvalue weighted by Gasteiger charge is 2.42. The Bertz CT molecular complexity index is 2000. The van der Waals surface area contributed by atoms with Crippen molar-refractivity contribution in [3.05, 3.63) is 58.7 Å². The quantitative estimate of drug-likeness (QED) is 0.0334. The largest absolute Gasteiger partial charge is 0.484 e. The summed E-state index contributed by atoms with van der Waals surface area (Å²) in [6, 6.07) is 12.4. The molecule has 2 unspecified atom stereocenters. The molecule has 1 aliphatic carbocycles. The topological polar surface area (TPSA) is 192 Å². The van der Waals surface area contributed by atoms with Crippen molar-refractivity contribution in [1.29, 1.82) is 0 Å². The molecule has 3 fully saturated rings. The molecule has 6 rings (SSSR count). The number of urea groups is 1. The van der Waals surface area contributed by atoms with Crippen LogP contribution in [0.1, 0.15) is 109 Å². The number of hydrogen-bond donors (Lipinski definition) is 4. The highest BCUT2D eigenvalue weighted by Crippen LogP contribution is 2.33. The molecule has 3 aliphatic rings. The first-order valence-electron chi connectivity index (χ1n) is 22.7. The molecule has 2 aromatic carbocycles. The highest BCUT2D eigenvalue weighted by molar-refractivity contribution is 8.00. The van der Waals surface area contributed by atoms with Crippen LogP contribution in [-0.4, -0.2) is 99.6 Å². The second-order valence-corrected chi connectivity index (χ2v) is 18.9. The fourth-order valence-electron chi connectivity index (χ4n) is 8.26. The number of carbonyl (C=O) groups excluding carboxylic acids is 5. The van der Waals surface area contributed by atoms with E-state index in [0.29, 0.717) is 76.2 Å². The first kappa shape index (κ1) is 48.9. The summed E-state index contributed by atoms with van der Waals surface area (Å²) in [4.78, 5) is 61.2. The van der Waals surface area contributed by atoms with E-state index in [9.17, 15) is 24.0 Å². The molecule has 1 saturated carbocycles. The van der Waals surface area contributed by atoms with E-state index in [1.807, 2.05) is 18.0 Å². The molecule has 2 saturated heterocycles. The monoisotopic (exact) mass is 941 g/mol. The van der Waals surface area contributed by atoms with E-state index >= 15 is 0 Å². The van der Waals surface area contributed by atoms with E-state index in [4.69, 9.17) is 37.4 Å². The van der Waals surface area contributed by atoms with E-state index in [1.165, 1.54) is 0 Å². The third kappa shape index (κ3) is 16.5. The number of nitrogens with one attached hydrogen (secondary N) is 4. The fraction of sp³-hybridized carbons (Fsp3) is 0.587. The molecule has 64 heavy (non-hydrogen) atoms. The molecule has 3 atom stereocenters. The van der Waals surface area contributed by atoms with Crippen molar-refractivity contribution in [1.82, 2.24) is 36.3 Å². The number of thioether (sulfide) groups is 1. The molecule has 3 heterocycles. The lowest BCUT2D eigenvalue weighted by Crippen LogP contribution is -2.45. The molecular weight excluding hydrogens is 882 g/mol. The van der Waals surface area contributed by atoms with Gasteiger partial charge in [0.15, 0.2) is 13.2 Å². The van der Waals surface area contributed by atoms with Gasteiger partial charge in [-0.3, -0.25) is 23.9 Å². The van der Waals surface area contributed by atoms with Gasteiger partial charge in [0.1, 0.15) is 23.0 Å². The number of carbonyl (C=O) groups is 5. The molecular formula is C46H61Cl2N7O8S. The van der Waals surface area contributed by atoms with Crippen LogP contribution in [-0.2, 0) is 30.5 Å². The van der Waals surface area contributed by atoms with Crippen LogP contribution in [0.25, 0.3) is 11.3 Å². The van der Waals surface area contributed by atoms with Crippen molar-refractivity contribution in [2.24, 2.45) is 0 Å². The number of aryl methyl sites for hydroxylation is 1. The number of halogens is 2. The first-order chi connectivity index (χ1) is 31.1. The number of aromatic nitrogens is 3. The van der Waals surface area contributed by atoms with Crippen LogP contribution < -0.4 is 30.7 Å². The van der Waals surface area contributed by atoms with Gasteiger partial charge in [0.05, 0.1) is 29.9 Å². The zero-order valence-corrected chi connectivity index (χ0v) is 38.7. The van der Waals surface area contributed by atoms with E-state index in [0.717, 1.165) is 95.6 Å². The number of Topliss-reactive ketones (excluding diaryl/α,β-unsaturated/α-hetero) is 1. The summed E-state index contributed by atoms with van der Waals surface area (Å²) >= 11 is 14.3. The number of benzene rings is 2. The third-order valence-electron chi connectivity index (χ3n) is 11.8. The number of ketones is 1. The standard InChI is InChI=1S/C46H61Cl2N7O8S/c47-31-14-20-35(21-15-31)62-28-42(57)49-32-16-18-33(19-17-32)50-43(58)29-63-36-22-23-38(48)37(26-36)39-27-55(54-53-39)24-8-3-5-13-44(59)61-25-9-2-1-4-10-34(56)11-6-7-12-41-45-40(30-64-41)51-46(60)52-45/h14-15,20-23,26-27,32-33,40-41,45H,1-13,16-19,24-25,28-30H2,(H,49,57)(H,50,58)(H2,51,52,60)/t32?,33?,40?,41-,45?/m1/s1. The van der Waals surface area contributed by atoms with Crippen LogP contribution in [0.3, 0.4) is 0 Å². The van der Waals surface area contributed by atoms with Gasteiger partial charge in [0.2, 0.25) is 0 Å². The van der Waals surface area contributed by atoms with Crippen LogP contribution in [0, 0.1) is 0 Å². The maximum Gasteiger partial charge on any atom is 0.315 e. The Morgan fingerprint density at radius 3 is 2.14 bits per heavy atom. The summed E-state index contributed by atoms with van der Waals surface area (Å²) in [5, 5.41) is 22.1. The molecule has 4 amide bonds. The molecule has 0 radical (unpaired) electrons. The Hall–Kier alpha value is -4.54. The summed E-state index contributed by atoms with van der Waals surface area (Å²) in [7, 11) is 0. The maximum atomic E-state index is 12.8. The summed E-state index contributed by atoms with van der Waals surface area (Å²) in [6.07, 6.45) is 15.2. The van der Waals surface area contributed by atoms with Crippen LogP contribution >= 0.6 is 35.0 Å². The van der Waals surface area contributed by atoms with Crippen molar-refractivity contribution in [3.8, 4) is 22.8 Å². The van der Waals surface area contributed by atoms with E-state index in [-0.39, 0.29) is 61.2 Å². The van der Waals surface area contributed by atoms with Gasteiger partial charge in [-0.05, 0) is 107 Å². The highest BCUT2D eigenvalue weighted by atomic mass is 35.5. The van der Waals surface area contributed by atoms with Crippen molar-refractivity contribution in [2.45, 2.75) is 145 Å². The smallest absolute Gasteiger partial charge is 0.315 e. The lowest BCUT2D eigenvalue weighted by Gasteiger charge is -2.29. The van der Waals surface area contributed by atoms with Crippen molar-refractivity contribution >= 4 is 64.6 Å². The Labute approximate surface area is 389 Å². The van der Waals surface area contributed by atoms with Gasteiger partial charge in [-0.1, -0.05) is 54.1 Å². The summed E-state index contributed by atoms with van der Waals surface area (Å²) in [5.41, 5.74) is 1.22. The predicted octanol–water partition coefficient (Wildman–Crippen LogP) is 7.60. The Morgan fingerprint density at radius 2 is 1.41 bits per heavy atom. The lowest BCUT2D eigenvalue weighted by atomic mass is 9.91. The van der Waals surface area contributed by atoms with Gasteiger partial charge < -0.3 is 35.5 Å². The number of esters is 1. The number of rotatable bonds is 27. The van der Waals surface area contributed by atoms with Gasteiger partial charge >= 0.3 is 12.0 Å². The maximum absolute atomic E-state index is 12.8. The van der Waals surface area contributed by atoms with Crippen LogP contribution in [0.15, 0.2) is 48.7 Å². The first-order valence-corrected chi connectivity index (χ1v) is 24.5. The third-order valence-corrected chi connectivity index (χ3v) is 13.9. The summed E-state index contributed by atoms with van der Waals surface area (Å²) < 4.78 is 18.5. The molecule has 4 N–H and O–H groups in total. The van der Waals surface area contributed by atoms with E-state index in [1.54, 1.807) is 47.1 Å². The van der Waals surface area contributed by atoms with Gasteiger partial charge in [0.25, 0.3) is 11.8 Å². The second-order valence-electron chi connectivity index (χ2n) is 16.8. The van der Waals surface area contributed by atoms with Crippen LogP contribution in [0.2, 0.25) is 10.0 Å². The number of ether oxygens (including phenoxy) is 3. The van der Waals surface area contributed by atoms with Crippen molar-refractivity contribution < 1.29 is 38.2 Å². The van der Waals surface area contributed by atoms with Gasteiger partial charge in [0, 0.05) is 59.5 Å². The molecule has 0 bridgehead atoms. The van der Waals surface area contributed by atoms with Gasteiger partial charge in [-0.2, -0.15) is 11.8 Å². The molecule has 2 aliphatic heterocycles. The predicted molar refractivity (Wildman–Crippen MR) is 247 cm³/mol. The van der Waals surface area contributed by atoms with E-state index < -0.39 is 0 Å². The fourth-order valence-corrected chi connectivity index (χ4v) is 10.1.